The molecule has 2 rings (SSSR count). The molecule has 2 aliphatic heterocycles. The van der Waals surface area contributed by atoms with Crippen LogP contribution >= 0.6 is 11.8 Å². The quantitative estimate of drug-likeness (QED) is 0.850. The van der Waals surface area contributed by atoms with Crippen molar-refractivity contribution in [2.24, 2.45) is 11.8 Å². The summed E-state index contributed by atoms with van der Waals surface area (Å²) in [4.78, 5) is 27.7. The van der Waals surface area contributed by atoms with Crippen LogP contribution in [-0.4, -0.2) is 56.7 Å². The second-order valence-corrected chi connectivity index (χ2v) is 7.50. The summed E-state index contributed by atoms with van der Waals surface area (Å²) < 4.78 is 0. The van der Waals surface area contributed by atoms with Crippen molar-refractivity contribution in [2.45, 2.75) is 51.6 Å². The van der Waals surface area contributed by atoms with Crippen LogP contribution in [0.1, 0.15) is 34.1 Å². The van der Waals surface area contributed by atoms with Crippen molar-refractivity contribution in [2.75, 3.05) is 12.3 Å². The van der Waals surface area contributed by atoms with Gasteiger partial charge in [0, 0.05) is 18.3 Å². The monoisotopic (exact) mass is 300 g/mol. The van der Waals surface area contributed by atoms with Crippen LogP contribution in [0.4, 0.5) is 4.79 Å². The second kappa shape index (κ2) is 5.84. The average Bonchev–Trinajstić information content (AvgIpc) is 2.91. The summed E-state index contributed by atoms with van der Waals surface area (Å²) in [6.07, 6.45) is 0.997. The van der Waals surface area contributed by atoms with E-state index in [1.807, 2.05) is 25.7 Å². The van der Waals surface area contributed by atoms with Gasteiger partial charge >= 0.3 is 12.0 Å². The molecule has 4 atom stereocenters. The van der Waals surface area contributed by atoms with E-state index in [1.165, 1.54) is 0 Å². The summed E-state index contributed by atoms with van der Waals surface area (Å²) in [5.41, 5.74) is 0. The van der Waals surface area contributed by atoms with Gasteiger partial charge in [0.2, 0.25) is 0 Å². The van der Waals surface area contributed by atoms with Crippen molar-refractivity contribution >= 4 is 23.8 Å². The zero-order valence-corrected chi connectivity index (χ0v) is 13.4. The standard InChI is InChI=1S/C14H24N2O3S/c1-8(2)12-16(11(7-20-12)13(17)18)14(19)15-6-9(3)5-10(15)4/h8-12H,5-7H2,1-4H3,(H,17,18). The number of nitrogens with zero attached hydrogens (tertiary/aromatic N) is 2. The van der Waals surface area contributed by atoms with Crippen LogP contribution in [0.3, 0.4) is 0 Å². The van der Waals surface area contributed by atoms with Crippen LogP contribution in [0.2, 0.25) is 0 Å². The van der Waals surface area contributed by atoms with Crippen molar-refractivity contribution in [3.8, 4) is 0 Å². The first-order valence-electron chi connectivity index (χ1n) is 7.26. The lowest BCUT2D eigenvalue weighted by atomic mass is 10.1. The zero-order valence-electron chi connectivity index (χ0n) is 12.6. The van der Waals surface area contributed by atoms with Crippen LogP contribution < -0.4 is 0 Å². The van der Waals surface area contributed by atoms with Crippen LogP contribution in [0.5, 0.6) is 0 Å². The molecule has 2 aliphatic rings. The van der Waals surface area contributed by atoms with E-state index in [9.17, 15) is 14.7 Å². The van der Waals surface area contributed by atoms with E-state index in [1.54, 1.807) is 16.7 Å². The Morgan fingerprint density at radius 1 is 1.30 bits per heavy atom. The lowest BCUT2D eigenvalue weighted by molar-refractivity contribution is -0.141. The highest BCUT2D eigenvalue weighted by Gasteiger charge is 2.46. The fourth-order valence-corrected chi connectivity index (χ4v) is 4.65. The highest BCUT2D eigenvalue weighted by Crippen LogP contribution is 2.36. The largest absolute Gasteiger partial charge is 0.480 e. The summed E-state index contributed by atoms with van der Waals surface area (Å²) in [5, 5.41) is 9.33. The van der Waals surface area contributed by atoms with Crippen LogP contribution in [0, 0.1) is 11.8 Å². The number of aliphatic carboxylic acids is 1. The van der Waals surface area contributed by atoms with Gasteiger partial charge in [-0.3, -0.25) is 4.90 Å². The maximum absolute atomic E-state index is 12.8. The molecule has 2 heterocycles. The molecule has 0 bridgehead atoms. The van der Waals surface area contributed by atoms with Crippen LogP contribution in [-0.2, 0) is 4.79 Å². The summed E-state index contributed by atoms with van der Waals surface area (Å²) in [6, 6.07) is -0.591. The molecular weight excluding hydrogens is 276 g/mol. The normalized spacial score (nSPS) is 34.0. The first-order chi connectivity index (χ1) is 9.32. The van der Waals surface area contributed by atoms with Gasteiger partial charge in [-0.05, 0) is 25.2 Å². The number of urea groups is 1. The molecule has 114 valence electrons. The van der Waals surface area contributed by atoms with Gasteiger partial charge in [-0.25, -0.2) is 9.59 Å². The topological polar surface area (TPSA) is 60.9 Å². The molecule has 6 heteroatoms. The van der Waals surface area contributed by atoms with E-state index >= 15 is 0 Å². The minimum atomic E-state index is -0.895. The molecule has 0 radical (unpaired) electrons. The second-order valence-electron chi connectivity index (χ2n) is 6.35. The van der Waals surface area contributed by atoms with Gasteiger partial charge in [-0.1, -0.05) is 20.8 Å². The van der Waals surface area contributed by atoms with E-state index in [0.717, 1.165) is 13.0 Å². The summed E-state index contributed by atoms with van der Waals surface area (Å²) >= 11 is 1.58. The predicted octanol–water partition coefficient (Wildman–Crippen LogP) is 2.32. The SMILES string of the molecule is CC1CC(C)N(C(=O)N2C(C(=O)O)CSC2C(C)C)C1. The molecule has 0 spiro atoms. The number of thioether (sulfide) groups is 1. The number of likely N-dealkylation sites (tertiary alicyclic amines) is 1. The van der Waals surface area contributed by atoms with Gasteiger partial charge in [-0.2, -0.15) is 0 Å². The molecule has 2 amide bonds. The first-order valence-corrected chi connectivity index (χ1v) is 8.31. The van der Waals surface area contributed by atoms with Gasteiger partial charge in [0.15, 0.2) is 0 Å². The maximum atomic E-state index is 12.8. The lowest BCUT2D eigenvalue weighted by Crippen LogP contribution is -2.53. The fourth-order valence-electron chi connectivity index (χ4n) is 3.19. The number of carboxylic acid groups (broad SMARTS) is 1. The molecule has 0 aromatic carbocycles. The van der Waals surface area contributed by atoms with Gasteiger partial charge in [-0.15, -0.1) is 11.8 Å². The number of amides is 2. The van der Waals surface area contributed by atoms with Crippen LogP contribution in [0.15, 0.2) is 0 Å². The molecule has 5 nitrogen and oxygen atoms in total. The van der Waals surface area contributed by atoms with Crippen molar-refractivity contribution < 1.29 is 14.7 Å². The molecule has 2 fully saturated rings. The van der Waals surface area contributed by atoms with Gasteiger partial charge in [0.05, 0.1) is 5.37 Å². The summed E-state index contributed by atoms with van der Waals surface area (Å²) in [6.45, 7) is 9.00. The van der Waals surface area contributed by atoms with Crippen molar-refractivity contribution in [1.29, 1.82) is 0 Å². The van der Waals surface area contributed by atoms with Gasteiger partial charge in [0.1, 0.15) is 6.04 Å². The van der Waals surface area contributed by atoms with Gasteiger partial charge < -0.3 is 10.0 Å². The number of hydrogen-bond donors (Lipinski definition) is 1. The maximum Gasteiger partial charge on any atom is 0.327 e. The molecule has 1 N–H and O–H groups in total. The molecule has 0 aromatic heterocycles. The van der Waals surface area contributed by atoms with E-state index in [0.29, 0.717) is 11.7 Å². The summed E-state index contributed by atoms with van der Waals surface area (Å²) in [7, 11) is 0. The third-order valence-electron chi connectivity index (χ3n) is 4.14. The minimum Gasteiger partial charge on any atom is -0.480 e. The Hall–Kier alpha value is -0.910. The Labute approximate surface area is 124 Å². The summed E-state index contributed by atoms with van der Waals surface area (Å²) in [5.74, 6) is 0.337. The van der Waals surface area contributed by atoms with Crippen molar-refractivity contribution in [3.63, 3.8) is 0 Å². The van der Waals surface area contributed by atoms with Gasteiger partial charge in [0.25, 0.3) is 0 Å². The molecule has 0 saturated carbocycles. The predicted molar refractivity (Wildman–Crippen MR) is 79.7 cm³/mol. The Morgan fingerprint density at radius 3 is 2.40 bits per heavy atom. The number of hydrogen-bond acceptors (Lipinski definition) is 3. The Bertz CT molecular complexity index is 402. The van der Waals surface area contributed by atoms with E-state index < -0.39 is 12.0 Å². The minimum absolute atomic E-state index is 0.0355. The highest BCUT2D eigenvalue weighted by molar-refractivity contribution is 8.00. The van der Waals surface area contributed by atoms with Crippen LogP contribution in [0.25, 0.3) is 0 Å². The average molecular weight is 300 g/mol. The Kier molecular flexibility index (Phi) is 4.52. The molecule has 4 unspecified atom stereocenters. The number of carboxylic acids is 1. The molecule has 2 saturated heterocycles. The van der Waals surface area contributed by atoms with E-state index in [4.69, 9.17) is 0 Å². The van der Waals surface area contributed by atoms with E-state index in [2.05, 4.69) is 6.92 Å². The first kappa shape index (κ1) is 15.5. The molecule has 0 aliphatic carbocycles. The number of carbonyl (C=O) groups excluding carboxylic acids is 1. The lowest BCUT2D eigenvalue weighted by Gasteiger charge is -2.35. The zero-order chi connectivity index (χ0) is 15.0. The van der Waals surface area contributed by atoms with Crippen molar-refractivity contribution in [1.82, 2.24) is 9.80 Å². The molecule has 0 aromatic rings. The highest BCUT2D eigenvalue weighted by atomic mass is 32.2. The smallest absolute Gasteiger partial charge is 0.327 e. The van der Waals surface area contributed by atoms with Crippen molar-refractivity contribution in [3.05, 3.63) is 0 Å². The number of rotatable bonds is 2. The molecule has 20 heavy (non-hydrogen) atoms. The number of carbonyl (C=O) groups is 2. The Balaban J connectivity index is 2.21. The fraction of sp³-hybridized carbons (Fsp3) is 0.857. The molecular formula is C14H24N2O3S. The van der Waals surface area contributed by atoms with E-state index in [-0.39, 0.29) is 23.4 Å². The Morgan fingerprint density at radius 2 is 1.95 bits per heavy atom. The third kappa shape index (κ3) is 2.75. The third-order valence-corrected chi connectivity index (χ3v) is 5.76.